The fourth-order valence-electron chi connectivity index (χ4n) is 16.0. The minimum absolute atomic E-state index is 0.0508. The Bertz CT molecular complexity index is 2010. The average molecular weight is 1100 g/mol. The highest BCUT2D eigenvalue weighted by molar-refractivity contribution is 5.26. The topological polar surface area (TPSA) is 377 Å². The van der Waals surface area contributed by atoms with Gasteiger partial charge in [-0.1, -0.05) is 46.3 Å². The summed E-state index contributed by atoms with van der Waals surface area (Å²) in [6, 6.07) is 0. The molecule has 23 heteroatoms. The maximum Gasteiger partial charge on any atom is 0.187 e. The first kappa shape index (κ1) is 60.9. The van der Waals surface area contributed by atoms with E-state index in [9.17, 15) is 76.6 Å². The van der Waals surface area contributed by atoms with Crippen molar-refractivity contribution in [2.75, 3.05) is 19.8 Å². The summed E-state index contributed by atoms with van der Waals surface area (Å²) >= 11 is 0. The lowest BCUT2D eigenvalue weighted by Crippen LogP contribution is -2.73. The summed E-state index contributed by atoms with van der Waals surface area (Å²) < 4.78 is 49.6. The first-order chi connectivity index (χ1) is 35.3. The van der Waals surface area contributed by atoms with Crippen molar-refractivity contribution >= 4 is 0 Å². The van der Waals surface area contributed by atoms with E-state index in [1.54, 1.807) is 6.92 Å². The molecule has 0 bridgehead atoms. The Morgan fingerprint density at radius 1 is 0.645 bits per heavy atom. The predicted molar refractivity (Wildman–Crippen MR) is 262 cm³/mol. The molecule has 4 aliphatic carbocycles. The molecule has 8 fully saturated rings. The first-order valence-electron chi connectivity index (χ1n) is 27.3. The third kappa shape index (κ3) is 10.1. The van der Waals surface area contributed by atoms with Gasteiger partial charge in [0.05, 0.1) is 55.4 Å². The van der Waals surface area contributed by atoms with Crippen molar-refractivity contribution in [1.82, 2.24) is 0 Å². The van der Waals surface area contributed by atoms with Crippen LogP contribution in [0.4, 0.5) is 0 Å². The van der Waals surface area contributed by atoms with Gasteiger partial charge in [0.2, 0.25) is 0 Å². The molecule has 0 aromatic rings. The second kappa shape index (κ2) is 22.2. The molecule has 0 aromatic heterocycles. The van der Waals surface area contributed by atoms with E-state index in [0.717, 1.165) is 5.57 Å². The Labute approximate surface area is 444 Å². The smallest absolute Gasteiger partial charge is 0.187 e. The summed E-state index contributed by atoms with van der Waals surface area (Å²) in [5, 5.41) is 169. The van der Waals surface area contributed by atoms with Gasteiger partial charge in [-0.05, 0) is 113 Å². The maximum atomic E-state index is 14.0. The Balaban J connectivity index is 1.17. The van der Waals surface area contributed by atoms with Gasteiger partial charge < -0.3 is 114 Å². The lowest BCUT2D eigenvalue weighted by molar-refractivity contribution is -0.394. The Morgan fingerprint density at radius 2 is 1.26 bits per heavy atom. The molecule has 4 heterocycles. The van der Waals surface area contributed by atoms with Crippen molar-refractivity contribution < 1.29 is 114 Å². The molecule has 4 saturated carbocycles. The van der Waals surface area contributed by atoms with Crippen molar-refractivity contribution in [3.63, 3.8) is 0 Å². The number of rotatable bonds is 14. The fraction of sp³-hybridized carbons (Fsp3) is 0.962. The molecule has 30 unspecified atom stereocenters. The van der Waals surface area contributed by atoms with Gasteiger partial charge in [0.25, 0.3) is 0 Å². The van der Waals surface area contributed by atoms with Crippen molar-refractivity contribution in [2.24, 2.45) is 39.4 Å². The van der Waals surface area contributed by atoms with Crippen molar-refractivity contribution in [1.29, 1.82) is 0 Å². The molecule has 0 radical (unpaired) electrons. The predicted octanol–water partition coefficient (Wildman–Crippen LogP) is -2.45. The van der Waals surface area contributed by atoms with Crippen LogP contribution in [-0.4, -0.2) is 243 Å². The van der Waals surface area contributed by atoms with Crippen molar-refractivity contribution in [3.05, 3.63) is 11.6 Å². The second-order valence-corrected chi connectivity index (χ2v) is 25.6. The van der Waals surface area contributed by atoms with Crippen LogP contribution in [0.25, 0.3) is 0 Å². The molecule has 4 saturated heterocycles. The van der Waals surface area contributed by atoms with Gasteiger partial charge in [0.15, 0.2) is 25.2 Å². The Morgan fingerprint density at radius 3 is 1.92 bits per heavy atom. The number of ether oxygens (including phenoxy) is 8. The number of fused-ring (bicyclic) bond motifs is 5. The summed E-state index contributed by atoms with van der Waals surface area (Å²) in [5.41, 5.74) is -5.80. The molecule has 15 N–H and O–H groups in total. The maximum absolute atomic E-state index is 14.0. The summed E-state index contributed by atoms with van der Waals surface area (Å²) in [7, 11) is 0. The zero-order valence-corrected chi connectivity index (χ0v) is 45.3. The lowest BCUT2D eigenvalue weighted by Gasteiger charge is -2.72. The Hall–Kier alpha value is -1.18. The van der Waals surface area contributed by atoms with Crippen LogP contribution in [0.5, 0.6) is 0 Å². The zero-order valence-electron chi connectivity index (χ0n) is 45.3. The van der Waals surface area contributed by atoms with Crippen LogP contribution >= 0.6 is 0 Å². The van der Waals surface area contributed by atoms with Gasteiger partial charge in [0, 0.05) is 5.92 Å². The van der Waals surface area contributed by atoms with Crippen LogP contribution in [-0.2, 0) is 37.9 Å². The third-order valence-corrected chi connectivity index (χ3v) is 20.5. The van der Waals surface area contributed by atoms with E-state index in [2.05, 4.69) is 13.8 Å². The lowest BCUT2D eigenvalue weighted by atomic mass is 9.34. The number of aliphatic hydroxyl groups is 15. The minimum atomic E-state index is -1.99. The highest BCUT2D eigenvalue weighted by Gasteiger charge is 2.77. The molecule has 30 atom stereocenters. The van der Waals surface area contributed by atoms with Gasteiger partial charge in [-0.15, -0.1) is 0 Å². The highest BCUT2D eigenvalue weighted by atomic mass is 16.8. The zero-order chi connectivity index (χ0) is 56.2. The monoisotopic (exact) mass is 1090 g/mol. The van der Waals surface area contributed by atoms with Crippen LogP contribution < -0.4 is 0 Å². The van der Waals surface area contributed by atoms with E-state index in [0.29, 0.717) is 32.1 Å². The Kier molecular flexibility index (Phi) is 17.8. The summed E-state index contributed by atoms with van der Waals surface area (Å²) in [4.78, 5) is 0. The standard InChI is InChI=1S/C53H90O23/c1-22(2)11-10-13-52(9,76-47-41(75-46-40(67)36(63)33(60)27(19-54)73-46)37(64)34(61)28(74-47)21-70-44-39(66)35(62)31(58)23(3)71-44)53(68)16-15-50(7)42(53)24(55)17-29-49(6)14-12-30(57)48(4,5)43(49)26(18-51(29,50)8)72-45-38(65)32(59)25(56)20-69-45/h11,23-47,54-68H,10,12-21H2,1-9H3. The molecule has 23 nitrogen and oxygen atoms in total. The quantitative estimate of drug-likeness (QED) is 0.0634. The fourth-order valence-corrected chi connectivity index (χ4v) is 16.0. The number of hydrogen-bond donors (Lipinski definition) is 15. The average Bonchev–Trinajstić information content (AvgIpc) is 3.84. The van der Waals surface area contributed by atoms with Gasteiger partial charge >= 0.3 is 0 Å². The molecule has 4 aliphatic heterocycles. The van der Waals surface area contributed by atoms with Crippen LogP contribution in [0, 0.1) is 39.4 Å². The van der Waals surface area contributed by atoms with E-state index in [1.165, 1.54) is 6.92 Å². The molecule has 0 spiro atoms. The summed E-state index contributed by atoms with van der Waals surface area (Å²) in [5.74, 6) is -1.53. The molecule has 0 aromatic carbocycles. The van der Waals surface area contributed by atoms with E-state index < -0.39 is 187 Å². The van der Waals surface area contributed by atoms with Crippen LogP contribution in [0.1, 0.15) is 114 Å². The van der Waals surface area contributed by atoms with Gasteiger partial charge in [0.1, 0.15) is 85.5 Å². The van der Waals surface area contributed by atoms with Crippen molar-refractivity contribution in [3.8, 4) is 0 Å². The normalized spacial score (nSPS) is 54.2. The van der Waals surface area contributed by atoms with Crippen LogP contribution in [0.2, 0.25) is 0 Å². The third-order valence-electron chi connectivity index (χ3n) is 20.5. The molecule has 8 aliphatic rings. The number of hydrogen-bond acceptors (Lipinski definition) is 23. The van der Waals surface area contributed by atoms with Crippen LogP contribution in [0.3, 0.4) is 0 Å². The SMILES string of the molecule is CC(C)=CCCC(C)(OC1OC(COC2OC(C)C(O)C(O)C2O)C(O)C(O)C1OC1OC(CO)C(O)C(O)C1O)C1(O)CCC2(C)C1C(O)CC1C3(C)CCC(O)C(C)(C)C3C(OC3OCC(O)C(O)C3O)CC12C. The minimum Gasteiger partial charge on any atom is -0.394 e. The molecular weight excluding hydrogens is 1000 g/mol. The molecule has 76 heavy (non-hydrogen) atoms. The van der Waals surface area contributed by atoms with E-state index in [1.807, 2.05) is 40.7 Å². The van der Waals surface area contributed by atoms with Gasteiger partial charge in [-0.25, -0.2) is 0 Å². The highest BCUT2D eigenvalue weighted by Crippen LogP contribution is 2.77. The molecule has 440 valence electrons. The molecular formula is C53H90O23. The van der Waals surface area contributed by atoms with Crippen molar-refractivity contribution in [2.45, 2.75) is 260 Å². The van der Waals surface area contributed by atoms with E-state index in [4.69, 9.17) is 37.9 Å². The second-order valence-electron chi connectivity index (χ2n) is 25.6. The first-order valence-corrected chi connectivity index (χ1v) is 27.3. The summed E-state index contributed by atoms with van der Waals surface area (Å²) in [6.07, 6.45) is -29.6. The largest absolute Gasteiger partial charge is 0.394 e. The van der Waals surface area contributed by atoms with E-state index >= 15 is 0 Å². The van der Waals surface area contributed by atoms with E-state index in [-0.39, 0.29) is 37.7 Å². The van der Waals surface area contributed by atoms with Gasteiger partial charge in [-0.2, -0.15) is 0 Å². The van der Waals surface area contributed by atoms with Crippen LogP contribution in [0.15, 0.2) is 11.6 Å². The summed E-state index contributed by atoms with van der Waals surface area (Å²) in [6.45, 7) is 15.5. The number of aliphatic hydroxyl groups excluding tert-OH is 14. The number of allylic oxidation sites excluding steroid dienone is 2. The van der Waals surface area contributed by atoms with Gasteiger partial charge in [-0.3, -0.25) is 0 Å². The molecule has 8 rings (SSSR count). The molecule has 0 amide bonds.